The van der Waals surface area contributed by atoms with Crippen LogP contribution in [0, 0.1) is 0 Å². The Labute approximate surface area is 139 Å². The minimum absolute atomic E-state index is 0.503. The second kappa shape index (κ2) is 10.1. The number of piperidine rings is 1. The Morgan fingerprint density at radius 2 is 2.30 bits per heavy atom. The highest BCUT2D eigenvalue weighted by molar-refractivity contribution is 5.80. The molecule has 0 amide bonds. The summed E-state index contributed by atoms with van der Waals surface area (Å²) in [4.78, 5) is 7.20. The summed E-state index contributed by atoms with van der Waals surface area (Å²) in [5, 5.41) is 6.88. The quantitative estimate of drug-likeness (QED) is 0.439. The van der Waals surface area contributed by atoms with Gasteiger partial charge in [-0.3, -0.25) is 4.99 Å². The molecule has 1 aromatic heterocycles. The Morgan fingerprint density at radius 3 is 2.96 bits per heavy atom. The fourth-order valence-electron chi connectivity index (χ4n) is 2.86. The lowest BCUT2D eigenvalue weighted by atomic mass is 10.1. The van der Waals surface area contributed by atoms with E-state index in [0.29, 0.717) is 12.6 Å². The van der Waals surface area contributed by atoms with Crippen LogP contribution in [0.4, 0.5) is 0 Å². The van der Waals surface area contributed by atoms with Crippen molar-refractivity contribution in [3.63, 3.8) is 0 Å². The molecule has 0 radical (unpaired) electrons. The summed E-state index contributed by atoms with van der Waals surface area (Å²) in [5.74, 6) is 1.86. The zero-order valence-corrected chi connectivity index (χ0v) is 14.3. The number of hydrogen-bond donors (Lipinski definition) is 2. The van der Waals surface area contributed by atoms with Gasteiger partial charge in [0.2, 0.25) is 0 Å². The molecule has 1 aliphatic heterocycles. The van der Waals surface area contributed by atoms with Gasteiger partial charge in [-0.15, -0.1) is 6.58 Å². The van der Waals surface area contributed by atoms with Crippen LogP contribution in [0.25, 0.3) is 0 Å². The topological polar surface area (TPSA) is 52.8 Å². The molecule has 0 saturated carbocycles. The van der Waals surface area contributed by atoms with E-state index in [9.17, 15) is 0 Å². The van der Waals surface area contributed by atoms with Crippen molar-refractivity contribution >= 4 is 5.96 Å². The molecule has 1 saturated heterocycles. The maximum Gasteiger partial charge on any atom is 0.191 e. The second-order valence-corrected chi connectivity index (χ2v) is 5.99. The summed E-state index contributed by atoms with van der Waals surface area (Å²) in [7, 11) is 0. The second-order valence-electron chi connectivity index (χ2n) is 5.99. The molecular weight excluding hydrogens is 288 g/mol. The Bertz CT molecular complexity index is 461. The first-order chi connectivity index (χ1) is 11.3. The van der Waals surface area contributed by atoms with Crippen LogP contribution in [0.5, 0.6) is 0 Å². The highest BCUT2D eigenvalue weighted by Crippen LogP contribution is 2.10. The van der Waals surface area contributed by atoms with Gasteiger partial charge in [-0.2, -0.15) is 0 Å². The van der Waals surface area contributed by atoms with Crippen molar-refractivity contribution in [1.82, 2.24) is 15.5 Å². The molecule has 0 aliphatic carbocycles. The van der Waals surface area contributed by atoms with Gasteiger partial charge in [0.15, 0.2) is 5.96 Å². The molecule has 0 aromatic carbocycles. The molecule has 23 heavy (non-hydrogen) atoms. The number of furan rings is 1. The summed E-state index contributed by atoms with van der Waals surface area (Å²) in [5.41, 5.74) is 0. The standard InChI is InChI=1S/C18H30N4O/c1-3-10-19-18(20-11-7-17-6-5-15-23-17)21-16-8-13-22(12-4-2)14-9-16/h3,5-6,15-16H,1,4,7-14H2,2H3,(H2,19,20,21). The monoisotopic (exact) mass is 318 g/mol. The van der Waals surface area contributed by atoms with Gasteiger partial charge in [0.05, 0.1) is 6.26 Å². The lowest BCUT2D eigenvalue weighted by Gasteiger charge is -2.32. The van der Waals surface area contributed by atoms with Gasteiger partial charge >= 0.3 is 0 Å². The smallest absolute Gasteiger partial charge is 0.191 e. The number of nitrogens with zero attached hydrogens (tertiary/aromatic N) is 2. The Hall–Kier alpha value is -1.75. The number of guanidine groups is 1. The van der Waals surface area contributed by atoms with Gasteiger partial charge in [-0.05, 0) is 37.9 Å². The average Bonchev–Trinajstić information content (AvgIpc) is 3.08. The van der Waals surface area contributed by atoms with E-state index in [1.165, 1.54) is 38.9 Å². The van der Waals surface area contributed by atoms with Crippen molar-refractivity contribution in [2.24, 2.45) is 4.99 Å². The van der Waals surface area contributed by atoms with Gasteiger partial charge in [-0.1, -0.05) is 13.0 Å². The molecule has 5 nitrogen and oxygen atoms in total. The maximum atomic E-state index is 5.35. The number of hydrogen-bond acceptors (Lipinski definition) is 3. The van der Waals surface area contributed by atoms with Gasteiger partial charge < -0.3 is 20.0 Å². The normalized spacial score (nSPS) is 17.2. The van der Waals surface area contributed by atoms with Crippen LogP contribution < -0.4 is 10.6 Å². The molecule has 0 unspecified atom stereocenters. The van der Waals surface area contributed by atoms with Crippen LogP contribution in [-0.4, -0.2) is 49.6 Å². The van der Waals surface area contributed by atoms with Gasteiger partial charge in [0.25, 0.3) is 0 Å². The van der Waals surface area contributed by atoms with E-state index in [0.717, 1.165) is 24.7 Å². The molecule has 2 heterocycles. The van der Waals surface area contributed by atoms with Crippen molar-refractivity contribution < 1.29 is 4.42 Å². The molecule has 1 fully saturated rings. The summed E-state index contributed by atoms with van der Waals surface area (Å²) in [6.07, 6.45) is 7.97. The molecule has 0 bridgehead atoms. The lowest BCUT2D eigenvalue weighted by molar-refractivity contribution is 0.206. The first-order valence-corrected chi connectivity index (χ1v) is 8.72. The van der Waals surface area contributed by atoms with Crippen LogP contribution in [0.15, 0.2) is 40.5 Å². The van der Waals surface area contributed by atoms with Gasteiger partial charge in [0, 0.05) is 38.6 Å². The van der Waals surface area contributed by atoms with Gasteiger partial charge in [-0.25, -0.2) is 0 Å². The fourth-order valence-corrected chi connectivity index (χ4v) is 2.86. The van der Waals surface area contributed by atoms with E-state index < -0.39 is 0 Å². The molecule has 0 spiro atoms. The van der Waals surface area contributed by atoms with E-state index in [1.807, 2.05) is 18.2 Å². The molecular formula is C18H30N4O. The van der Waals surface area contributed by atoms with Crippen molar-refractivity contribution in [1.29, 1.82) is 0 Å². The predicted molar refractivity (Wildman–Crippen MR) is 95.8 cm³/mol. The molecule has 2 N–H and O–H groups in total. The van der Waals surface area contributed by atoms with E-state index in [1.54, 1.807) is 6.26 Å². The van der Waals surface area contributed by atoms with E-state index in [2.05, 4.69) is 34.0 Å². The van der Waals surface area contributed by atoms with Crippen molar-refractivity contribution in [2.45, 2.75) is 38.6 Å². The summed E-state index contributed by atoms with van der Waals surface area (Å²) in [6.45, 7) is 11.0. The summed E-state index contributed by atoms with van der Waals surface area (Å²) >= 11 is 0. The average molecular weight is 318 g/mol. The minimum Gasteiger partial charge on any atom is -0.469 e. The zero-order valence-electron chi connectivity index (χ0n) is 14.3. The molecule has 1 aliphatic rings. The van der Waals surface area contributed by atoms with Crippen LogP contribution in [-0.2, 0) is 6.42 Å². The van der Waals surface area contributed by atoms with Gasteiger partial charge in [0.1, 0.15) is 5.76 Å². The first kappa shape index (κ1) is 17.6. The summed E-state index contributed by atoms with van der Waals surface area (Å²) < 4.78 is 5.35. The largest absolute Gasteiger partial charge is 0.469 e. The van der Waals surface area contributed by atoms with Crippen LogP contribution in [0.1, 0.15) is 31.9 Å². The Kier molecular flexibility index (Phi) is 7.73. The van der Waals surface area contributed by atoms with E-state index in [-0.39, 0.29) is 0 Å². The molecule has 128 valence electrons. The molecule has 5 heteroatoms. The Morgan fingerprint density at radius 1 is 1.48 bits per heavy atom. The van der Waals surface area contributed by atoms with E-state index >= 15 is 0 Å². The maximum absolute atomic E-state index is 5.35. The van der Waals surface area contributed by atoms with Crippen molar-refractivity contribution in [3.05, 3.63) is 36.8 Å². The number of nitrogens with one attached hydrogen (secondary N) is 2. The molecule has 2 rings (SSSR count). The minimum atomic E-state index is 0.503. The highest BCUT2D eigenvalue weighted by Gasteiger charge is 2.19. The number of rotatable bonds is 8. The Balaban J connectivity index is 1.79. The number of likely N-dealkylation sites (tertiary alicyclic amines) is 1. The summed E-state index contributed by atoms with van der Waals surface area (Å²) in [6, 6.07) is 4.41. The van der Waals surface area contributed by atoms with Crippen molar-refractivity contribution in [3.8, 4) is 0 Å². The fraction of sp³-hybridized carbons (Fsp3) is 0.611. The molecule has 0 atom stereocenters. The highest BCUT2D eigenvalue weighted by atomic mass is 16.3. The first-order valence-electron chi connectivity index (χ1n) is 8.72. The zero-order chi connectivity index (χ0) is 16.3. The third-order valence-electron chi connectivity index (χ3n) is 4.09. The molecule has 1 aromatic rings. The SMILES string of the molecule is C=CCNC(=NCCc1ccco1)NC1CCN(CCC)CC1. The lowest BCUT2D eigenvalue weighted by Crippen LogP contribution is -2.48. The number of aliphatic imine (C=N–C) groups is 1. The van der Waals surface area contributed by atoms with Crippen LogP contribution in [0.3, 0.4) is 0 Å². The van der Waals surface area contributed by atoms with Crippen LogP contribution >= 0.6 is 0 Å². The third-order valence-corrected chi connectivity index (χ3v) is 4.09. The van der Waals surface area contributed by atoms with E-state index in [4.69, 9.17) is 4.42 Å². The third kappa shape index (κ3) is 6.48. The van der Waals surface area contributed by atoms with Crippen LogP contribution in [0.2, 0.25) is 0 Å². The van der Waals surface area contributed by atoms with Crippen molar-refractivity contribution in [2.75, 3.05) is 32.7 Å². The predicted octanol–water partition coefficient (Wildman–Crippen LogP) is 2.42.